The number of fused-ring (bicyclic) bond motifs is 3. The molecule has 0 aliphatic heterocycles. The highest BCUT2D eigenvalue weighted by molar-refractivity contribution is 6.10. The van der Waals surface area contributed by atoms with Crippen LogP contribution in [0.15, 0.2) is 291 Å². The standard InChI is InChI=1S/C66H48N4/c1-6-22-49(23-7-1)61-36-16-17-37-62(61)50-40-42-55(43-41-50)68(53-28-12-4-13-29-53)57-33-21-35-59(47-57)69(58-34-20-32-56(46-58)67(51-24-8-2-9-25-51)52-26-10-3-11-27-52)60-44-45-64-63-38-18-19-39-65(63)70(66(64)48-60)54-30-14-5-15-31-54/h1-48H. The molecule has 12 aromatic rings. The molecular formula is C66H48N4. The molecule has 0 saturated heterocycles. The lowest BCUT2D eigenvalue weighted by atomic mass is 9.94. The largest absolute Gasteiger partial charge is 0.310 e. The summed E-state index contributed by atoms with van der Waals surface area (Å²) in [5.74, 6) is 0. The second kappa shape index (κ2) is 18.7. The van der Waals surface area contributed by atoms with E-state index in [9.17, 15) is 0 Å². The van der Waals surface area contributed by atoms with E-state index in [1.165, 1.54) is 38.5 Å². The van der Waals surface area contributed by atoms with E-state index in [-0.39, 0.29) is 0 Å². The third-order valence-corrected chi connectivity index (χ3v) is 13.1. The number of aromatic nitrogens is 1. The molecule has 1 aromatic heterocycles. The van der Waals surface area contributed by atoms with Crippen LogP contribution < -0.4 is 14.7 Å². The molecule has 70 heavy (non-hydrogen) atoms. The van der Waals surface area contributed by atoms with E-state index in [4.69, 9.17) is 0 Å². The molecule has 4 nitrogen and oxygen atoms in total. The van der Waals surface area contributed by atoms with Gasteiger partial charge in [0, 0.05) is 67.6 Å². The Morgan fingerprint density at radius 2 is 0.557 bits per heavy atom. The summed E-state index contributed by atoms with van der Waals surface area (Å²) in [6.45, 7) is 0. The van der Waals surface area contributed by atoms with Crippen LogP contribution in [0.1, 0.15) is 0 Å². The van der Waals surface area contributed by atoms with Crippen LogP contribution in [0.3, 0.4) is 0 Å². The molecule has 1 heterocycles. The minimum atomic E-state index is 1.02. The Balaban J connectivity index is 1.03. The van der Waals surface area contributed by atoms with Gasteiger partial charge in [-0.05, 0) is 138 Å². The Kier molecular flexibility index (Phi) is 11.2. The highest BCUT2D eigenvalue weighted by Gasteiger charge is 2.22. The normalized spacial score (nSPS) is 11.1. The van der Waals surface area contributed by atoms with Gasteiger partial charge in [0.2, 0.25) is 0 Å². The van der Waals surface area contributed by atoms with Crippen molar-refractivity contribution >= 4 is 73.0 Å². The van der Waals surface area contributed by atoms with Crippen LogP contribution in [0.5, 0.6) is 0 Å². The van der Waals surface area contributed by atoms with Gasteiger partial charge in [0.15, 0.2) is 0 Å². The van der Waals surface area contributed by atoms with Gasteiger partial charge < -0.3 is 19.3 Å². The second-order valence-electron chi connectivity index (χ2n) is 17.4. The Bertz CT molecular complexity index is 3660. The maximum Gasteiger partial charge on any atom is 0.0561 e. The topological polar surface area (TPSA) is 14.7 Å². The van der Waals surface area contributed by atoms with E-state index in [0.29, 0.717) is 0 Å². The summed E-state index contributed by atoms with van der Waals surface area (Å²) in [6.07, 6.45) is 0. The Morgan fingerprint density at radius 3 is 1.07 bits per heavy atom. The summed E-state index contributed by atoms with van der Waals surface area (Å²) in [6, 6.07) is 104. The van der Waals surface area contributed by atoms with Crippen molar-refractivity contribution in [1.82, 2.24) is 4.57 Å². The molecule has 0 spiro atoms. The van der Waals surface area contributed by atoms with Crippen molar-refractivity contribution in [3.63, 3.8) is 0 Å². The van der Waals surface area contributed by atoms with Crippen LogP contribution in [0, 0.1) is 0 Å². The molecule has 11 aromatic carbocycles. The van der Waals surface area contributed by atoms with Gasteiger partial charge in [0.25, 0.3) is 0 Å². The van der Waals surface area contributed by atoms with Crippen LogP contribution in [0.4, 0.5) is 51.2 Å². The third-order valence-electron chi connectivity index (χ3n) is 13.1. The van der Waals surface area contributed by atoms with E-state index in [1.807, 2.05) is 0 Å². The van der Waals surface area contributed by atoms with Crippen molar-refractivity contribution in [2.45, 2.75) is 0 Å². The molecular weight excluding hydrogens is 849 g/mol. The number of nitrogens with zero attached hydrogens (tertiary/aromatic N) is 4. The van der Waals surface area contributed by atoms with Gasteiger partial charge in [-0.1, -0.05) is 176 Å². The smallest absolute Gasteiger partial charge is 0.0561 e. The van der Waals surface area contributed by atoms with E-state index in [1.54, 1.807) is 0 Å². The zero-order chi connectivity index (χ0) is 46.6. The summed E-state index contributed by atoms with van der Waals surface area (Å²) in [4.78, 5) is 7.09. The lowest BCUT2D eigenvalue weighted by Gasteiger charge is -2.31. The molecule has 0 radical (unpaired) electrons. The Hall–Kier alpha value is -9.38. The van der Waals surface area contributed by atoms with Gasteiger partial charge in [-0.2, -0.15) is 0 Å². The average Bonchev–Trinajstić information content (AvgIpc) is 3.77. The van der Waals surface area contributed by atoms with Gasteiger partial charge in [-0.15, -0.1) is 0 Å². The van der Waals surface area contributed by atoms with Gasteiger partial charge in [-0.3, -0.25) is 0 Å². The van der Waals surface area contributed by atoms with Crippen LogP contribution >= 0.6 is 0 Å². The molecule has 0 aliphatic rings. The SMILES string of the molecule is c1ccc(-c2ccccc2-c2ccc(N(c3ccccc3)c3cccc(N(c4cccc(N(c5ccccc5)c5ccccc5)c4)c4ccc5c6ccccc6n(-c6ccccc6)c5c4)c3)cc2)cc1. The van der Waals surface area contributed by atoms with Gasteiger partial charge in [0.1, 0.15) is 0 Å². The fourth-order valence-corrected chi connectivity index (χ4v) is 9.96. The van der Waals surface area contributed by atoms with E-state index in [2.05, 4.69) is 310 Å². The summed E-state index contributed by atoms with van der Waals surface area (Å²) in [5.41, 5.74) is 17.7. The molecule has 0 fully saturated rings. The van der Waals surface area contributed by atoms with Crippen LogP contribution in [0.25, 0.3) is 49.7 Å². The van der Waals surface area contributed by atoms with Crippen molar-refractivity contribution in [2.75, 3.05) is 14.7 Å². The molecule has 332 valence electrons. The molecule has 0 aliphatic carbocycles. The average molecular weight is 897 g/mol. The first-order valence-corrected chi connectivity index (χ1v) is 23.8. The van der Waals surface area contributed by atoms with Crippen molar-refractivity contribution in [2.24, 2.45) is 0 Å². The number of benzene rings is 11. The van der Waals surface area contributed by atoms with Gasteiger partial charge in [0.05, 0.1) is 11.0 Å². The predicted molar refractivity (Wildman–Crippen MR) is 296 cm³/mol. The molecule has 0 atom stereocenters. The maximum absolute atomic E-state index is 2.40. The fourth-order valence-electron chi connectivity index (χ4n) is 9.96. The molecule has 0 amide bonds. The summed E-state index contributed by atoms with van der Waals surface area (Å²) >= 11 is 0. The molecule has 0 bridgehead atoms. The molecule has 12 rings (SSSR count). The van der Waals surface area contributed by atoms with E-state index < -0.39 is 0 Å². The van der Waals surface area contributed by atoms with Crippen molar-refractivity contribution in [3.8, 4) is 27.9 Å². The number of para-hydroxylation sites is 5. The first kappa shape index (κ1) is 42.0. The van der Waals surface area contributed by atoms with Gasteiger partial charge >= 0.3 is 0 Å². The second-order valence-corrected chi connectivity index (χ2v) is 17.4. The first-order chi connectivity index (χ1) is 34.7. The van der Waals surface area contributed by atoms with Crippen LogP contribution in [-0.4, -0.2) is 4.57 Å². The number of hydrogen-bond donors (Lipinski definition) is 0. The quantitative estimate of drug-likeness (QED) is 0.121. The predicted octanol–water partition coefficient (Wildman–Crippen LogP) is 18.5. The van der Waals surface area contributed by atoms with Crippen LogP contribution in [-0.2, 0) is 0 Å². The Morgan fingerprint density at radius 1 is 0.214 bits per heavy atom. The Labute approximate surface area is 409 Å². The minimum absolute atomic E-state index is 1.02. The fraction of sp³-hybridized carbons (Fsp3) is 0. The molecule has 0 N–H and O–H groups in total. The van der Waals surface area contributed by atoms with E-state index >= 15 is 0 Å². The van der Waals surface area contributed by atoms with Crippen molar-refractivity contribution in [3.05, 3.63) is 291 Å². The third kappa shape index (κ3) is 8.04. The summed E-state index contributed by atoms with van der Waals surface area (Å²) in [5, 5.41) is 2.42. The van der Waals surface area contributed by atoms with Crippen molar-refractivity contribution in [1.29, 1.82) is 0 Å². The minimum Gasteiger partial charge on any atom is -0.310 e. The highest BCUT2D eigenvalue weighted by Crippen LogP contribution is 2.45. The summed E-state index contributed by atoms with van der Waals surface area (Å²) in [7, 11) is 0. The van der Waals surface area contributed by atoms with Crippen molar-refractivity contribution < 1.29 is 0 Å². The lowest BCUT2D eigenvalue weighted by Crippen LogP contribution is -2.14. The molecule has 4 heteroatoms. The maximum atomic E-state index is 2.40. The number of rotatable bonds is 12. The molecule has 0 unspecified atom stereocenters. The monoisotopic (exact) mass is 896 g/mol. The zero-order valence-corrected chi connectivity index (χ0v) is 38.5. The summed E-state index contributed by atoms with van der Waals surface area (Å²) < 4.78 is 2.39. The van der Waals surface area contributed by atoms with Crippen LogP contribution in [0.2, 0.25) is 0 Å². The first-order valence-electron chi connectivity index (χ1n) is 23.8. The highest BCUT2D eigenvalue weighted by atomic mass is 15.2. The zero-order valence-electron chi connectivity index (χ0n) is 38.5. The molecule has 0 saturated carbocycles. The number of anilines is 9. The van der Waals surface area contributed by atoms with E-state index in [0.717, 1.165) is 62.4 Å². The number of hydrogen-bond acceptors (Lipinski definition) is 3. The van der Waals surface area contributed by atoms with Gasteiger partial charge in [-0.25, -0.2) is 0 Å². The lowest BCUT2D eigenvalue weighted by molar-refractivity contribution is 1.18.